The normalized spacial score (nSPS) is 20.2. The van der Waals surface area contributed by atoms with Crippen LogP contribution in [-0.4, -0.2) is 19.9 Å². The maximum atomic E-state index is 12.3. The topological polar surface area (TPSA) is 69.4 Å². The monoisotopic (exact) mass is 289 g/mol. The molecule has 18 heavy (non-hydrogen) atoms. The molecular weight excluding hydrogens is 270 g/mol. The fourth-order valence-electron chi connectivity index (χ4n) is 2.27. The fraction of sp³-hybridized carbons (Fsp3) is 0.500. The molecule has 0 bridgehead atoms. The Morgan fingerprint density at radius 3 is 2.06 bits per heavy atom. The highest BCUT2D eigenvalue weighted by atomic mass is 32.3. The lowest BCUT2D eigenvalue weighted by atomic mass is 10.1. The van der Waals surface area contributed by atoms with Crippen molar-refractivity contribution in [3.05, 3.63) is 28.8 Å². The van der Waals surface area contributed by atoms with Crippen molar-refractivity contribution in [1.82, 2.24) is 0 Å². The summed E-state index contributed by atoms with van der Waals surface area (Å²) in [5.74, 6) is 1.35. The third kappa shape index (κ3) is 2.56. The van der Waals surface area contributed by atoms with Crippen LogP contribution in [0.25, 0.3) is 0 Å². The summed E-state index contributed by atoms with van der Waals surface area (Å²) in [6, 6.07) is 3.70. The van der Waals surface area contributed by atoms with E-state index in [1.54, 1.807) is 13.8 Å². The zero-order valence-electron chi connectivity index (χ0n) is 10.9. The summed E-state index contributed by atoms with van der Waals surface area (Å²) in [6.45, 7) is 5.52. The van der Waals surface area contributed by atoms with Crippen LogP contribution in [0, 0.1) is 20.8 Å². The predicted octanol–water partition coefficient (Wildman–Crippen LogP) is 2.31. The van der Waals surface area contributed by atoms with Crippen molar-refractivity contribution in [2.45, 2.75) is 32.1 Å². The summed E-state index contributed by atoms with van der Waals surface area (Å²) in [4.78, 5) is 0.275. The number of nitrogens with two attached hydrogens (primary N) is 1. The SMILES string of the molecule is Cc1cc(C)c(S(=O)(=O)OS2(N)CCC2)c(C)c1. The second-order valence-electron chi connectivity index (χ2n) is 4.88. The molecule has 0 aromatic heterocycles. The van der Waals surface area contributed by atoms with Crippen LogP contribution in [0.3, 0.4) is 0 Å². The Labute approximate surface area is 110 Å². The highest BCUT2D eigenvalue weighted by molar-refractivity contribution is 8.32. The first-order chi connectivity index (χ1) is 8.23. The van der Waals surface area contributed by atoms with Crippen molar-refractivity contribution in [3.8, 4) is 0 Å². The lowest BCUT2D eigenvalue weighted by molar-refractivity contribution is 0.503. The van der Waals surface area contributed by atoms with Gasteiger partial charge in [-0.25, -0.2) is 3.63 Å². The molecule has 0 unspecified atom stereocenters. The van der Waals surface area contributed by atoms with Crippen LogP contribution in [0.15, 0.2) is 17.0 Å². The smallest absolute Gasteiger partial charge is 0.273 e. The van der Waals surface area contributed by atoms with Crippen LogP contribution in [0.1, 0.15) is 23.1 Å². The second kappa shape index (κ2) is 4.52. The second-order valence-corrected chi connectivity index (χ2v) is 9.30. The van der Waals surface area contributed by atoms with E-state index in [0.717, 1.165) is 23.1 Å². The Morgan fingerprint density at radius 2 is 1.67 bits per heavy atom. The maximum Gasteiger partial charge on any atom is 0.307 e. The van der Waals surface area contributed by atoms with Gasteiger partial charge in [0.1, 0.15) is 4.90 Å². The van der Waals surface area contributed by atoms with Crippen molar-refractivity contribution in [2.24, 2.45) is 5.14 Å². The van der Waals surface area contributed by atoms with Crippen LogP contribution in [0.2, 0.25) is 0 Å². The van der Waals surface area contributed by atoms with E-state index in [4.69, 9.17) is 8.77 Å². The third-order valence-corrected chi connectivity index (χ3v) is 7.96. The van der Waals surface area contributed by atoms with Crippen LogP contribution in [-0.2, 0) is 13.7 Å². The Morgan fingerprint density at radius 1 is 1.17 bits per heavy atom. The average molecular weight is 289 g/mol. The lowest BCUT2D eigenvalue weighted by Crippen LogP contribution is -2.32. The van der Waals surface area contributed by atoms with E-state index in [2.05, 4.69) is 0 Å². The molecule has 2 N–H and O–H groups in total. The zero-order valence-corrected chi connectivity index (χ0v) is 12.5. The van der Waals surface area contributed by atoms with Gasteiger partial charge in [-0.05, 0) is 38.3 Å². The van der Waals surface area contributed by atoms with Gasteiger partial charge in [-0.15, -0.1) is 0 Å². The Balaban J connectivity index is 2.41. The van der Waals surface area contributed by atoms with E-state index < -0.39 is 20.6 Å². The Hall–Kier alpha value is -0.560. The number of aryl methyl sites for hydroxylation is 3. The van der Waals surface area contributed by atoms with Crippen LogP contribution in [0.5, 0.6) is 0 Å². The summed E-state index contributed by atoms with van der Waals surface area (Å²) in [6.07, 6.45) is 0.952. The molecule has 0 amide bonds. The molecule has 6 heteroatoms. The fourth-order valence-corrected chi connectivity index (χ4v) is 6.28. The minimum Gasteiger partial charge on any atom is -0.273 e. The lowest BCUT2D eigenvalue weighted by Gasteiger charge is -2.41. The van der Waals surface area contributed by atoms with Gasteiger partial charge < -0.3 is 0 Å². The van der Waals surface area contributed by atoms with Gasteiger partial charge in [-0.3, -0.25) is 5.14 Å². The van der Waals surface area contributed by atoms with Gasteiger partial charge in [0, 0.05) is 11.5 Å². The van der Waals surface area contributed by atoms with E-state index in [1.165, 1.54) is 0 Å². The minimum absolute atomic E-state index is 0.275. The average Bonchev–Trinajstić information content (AvgIpc) is 2.11. The van der Waals surface area contributed by atoms with Crippen molar-refractivity contribution < 1.29 is 12.0 Å². The highest BCUT2D eigenvalue weighted by Gasteiger charge is 2.35. The molecule has 0 radical (unpaired) electrons. The first-order valence-electron chi connectivity index (χ1n) is 5.84. The number of hydrogen-bond acceptors (Lipinski definition) is 4. The standard InChI is InChI=1S/C12H19NO3S2/c1-9-7-10(2)12(11(3)8-9)18(14,15)16-17(13)5-4-6-17/h7-8H,4-6,13H2,1-3H3. The third-order valence-electron chi connectivity index (χ3n) is 3.06. The van der Waals surface area contributed by atoms with E-state index in [0.29, 0.717) is 11.5 Å². The van der Waals surface area contributed by atoms with Gasteiger partial charge in [0.15, 0.2) is 0 Å². The molecule has 1 aromatic carbocycles. The zero-order chi connectivity index (χ0) is 13.6. The molecule has 0 spiro atoms. The molecule has 102 valence electrons. The highest BCUT2D eigenvalue weighted by Crippen LogP contribution is 2.52. The van der Waals surface area contributed by atoms with Gasteiger partial charge in [0.05, 0.1) is 0 Å². The summed E-state index contributed by atoms with van der Waals surface area (Å²) in [7, 11) is -5.62. The summed E-state index contributed by atoms with van der Waals surface area (Å²) >= 11 is 0. The molecule has 1 heterocycles. The molecule has 0 saturated carbocycles. The van der Waals surface area contributed by atoms with Crippen LogP contribution >= 0.6 is 10.5 Å². The largest absolute Gasteiger partial charge is 0.307 e. The van der Waals surface area contributed by atoms with E-state index in [1.807, 2.05) is 19.1 Å². The molecule has 1 aliphatic heterocycles. The molecule has 2 rings (SSSR count). The molecule has 1 saturated heterocycles. The van der Waals surface area contributed by atoms with Gasteiger partial charge in [-0.1, -0.05) is 28.2 Å². The predicted molar refractivity (Wildman–Crippen MR) is 75.1 cm³/mol. The molecule has 0 aliphatic carbocycles. The summed E-state index contributed by atoms with van der Waals surface area (Å²) < 4.78 is 29.9. The van der Waals surface area contributed by atoms with Crippen molar-refractivity contribution in [1.29, 1.82) is 0 Å². The minimum atomic E-state index is -3.74. The number of benzene rings is 1. The van der Waals surface area contributed by atoms with E-state index in [9.17, 15) is 8.42 Å². The molecule has 1 fully saturated rings. The first-order valence-corrected chi connectivity index (χ1v) is 9.21. The van der Waals surface area contributed by atoms with Crippen molar-refractivity contribution >= 4 is 20.6 Å². The number of hydrogen-bond donors (Lipinski definition) is 1. The Kier molecular flexibility index (Phi) is 3.48. The van der Waals surface area contributed by atoms with E-state index >= 15 is 0 Å². The van der Waals surface area contributed by atoms with Crippen molar-refractivity contribution in [2.75, 3.05) is 11.5 Å². The molecule has 1 aromatic rings. The van der Waals surface area contributed by atoms with Gasteiger partial charge in [-0.2, -0.15) is 8.42 Å². The van der Waals surface area contributed by atoms with Gasteiger partial charge in [0.2, 0.25) is 0 Å². The molecular formula is C12H19NO3S2. The first kappa shape index (κ1) is 13.9. The molecule has 0 atom stereocenters. The summed E-state index contributed by atoms with van der Waals surface area (Å²) in [5.41, 5.74) is 2.48. The summed E-state index contributed by atoms with van der Waals surface area (Å²) in [5, 5.41) is 5.94. The number of rotatable bonds is 3. The van der Waals surface area contributed by atoms with Gasteiger partial charge >= 0.3 is 10.1 Å². The molecule has 4 nitrogen and oxygen atoms in total. The Bertz CT molecular complexity index is 554. The van der Waals surface area contributed by atoms with Crippen LogP contribution in [0.4, 0.5) is 0 Å². The van der Waals surface area contributed by atoms with Crippen molar-refractivity contribution in [3.63, 3.8) is 0 Å². The van der Waals surface area contributed by atoms with E-state index in [-0.39, 0.29) is 4.90 Å². The van der Waals surface area contributed by atoms with Crippen LogP contribution < -0.4 is 5.14 Å². The quantitative estimate of drug-likeness (QED) is 0.927. The maximum absolute atomic E-state index is 12.3. The molecule has 1 aliphatic rings. The van der Waals surface area contributed by atoms with Gasteiger partial charge in [0.25, 0.3) is 0 Å².